The Hall–Kier alpha value is -3.14. The molecule has 4 nitrogen and oxygen atoms in total. The maximum absolute atomic E-state index is 12.9. The lowest BCUT2D eigenvalue weighted by Crippen LogP contribution is -2.26. The summed E-state index contributed by atoms with van der Waals surface area (Å²) in [6.45, 7) is 3.65. The summed E-state index contributed by atoms with van der Waals surface area (Å²) in [6, 6.07) is 22.0. The topological polar surface area (TPSA) is 42.4 Å². The van der Waals surface area contributed by atoms with Gasteiger partial charge in [-0.25, -0.2) is 4.98 Å². The quantitative estimate of drug-likeness (QED) is 0.544. The van der Waals surface area contributed by atoms with Gasteiger partial charge in [-0.1, -0.05) is 48.5 Å². The van der Waals surface area contributed by atoms with Crippen LogP contribution >= 0.6 is 0 Å². The van der Waals surface area contributed by atoms with Crippen LogP contribution < -0.4 is 9.64 Å². The second-order valence-corrected chi connectivity index (χ2v) is 7.57. The first kappa shape index (κ1) is 19.2. The first-order valence-electron chi connectivity index (χ1n) is 10.2. The Labute approximate surface area is 172 Å². The van der Waals surface area contributed by atoms with Gasteiger partial charge in [0.05, 0.1) is 6.54 Å². The number of benzene rings is 2. The number of hydrogen-bond donors (Lipinski definition) is 0. The summed E-state index contributed by atoms with van der Waals surface area (Å²) in [5.74, 6) is 0.851. The molecule has 1 atom stereocenters. The van der Waals surface area contributed by atoms with Crippen LogP contribution in [0.25, 0.3) is 0 Å². The number of Topliss-reactive ketones (excluding diaryl/α,β-unsaturated/α-hetero) is 1. The zero-order chi connectivity index (χ0) is 20.1. The van der Waals surface area contributed by atoms with Crippen molar-refractivity contribution in [3.05, 3.63) is 89.6 Å². The van der Waals surface area contributed by atoms with Gasteiger partial charge in [-0.2, -0.15) is 0 Å². The molecule has 2 aromatic carbocycles. The number of pyridine rings is 1. The molecule has 0 unspecified atom stereocenters. The van der Waals surface area contributed by atoms with E-state index >= 15 is 0 Å². The van der Waals surface area contributed by atoms with E-state index in [0.717, 1.165) is 42.7 Å². The number of aromatic nitrogens is 1. The lowest BCUT2D eigenvalue weighted by Gasteiger charge is -2.21. The van der Waals surface area contributed by atoms with E-state index in [1.54, 1.807) is 0 Å². The molecule has 1 saturated heterocycles. The van der Waals surface area contributed by atoms with Crippen LogP contribution in [0.2, 0.25) is 0 Å². The molecular weight excluding hydrogens is 360 g/mol. The number of nitrogens with zero attached hydrogens (tertiary/aromatic N) is 2. The van der Waals surface area contributed by atoms with Gasteiger partial charge >= 0.3 is 0 Å². The molecule has 1 aliphatic rings. The molecule has 29 heavy (non-hydrogen) atoms. The Morgan fingerprint density at radius 1 is 1.07 bits per heavy atom. The van der Waals surface area contributed by atoms with Crippen molar-refractivity contribution in [1.82, 2.24) is 4.98 Å². The molecule has 1 aliphatic heterocycles. The van der Waals surface area contributed by atoms with E-state index in [9.17, 15) is 4.79 Å². The molecule has 0 radical (unpaired) electrons. The molecule has 0 N–H and O–H groups in total. The van der Waals surface area contributed by atoms with E-state index in [1.807, 2.05) is 67.7 Å². The van der Waals surface area contributed by atoms with Crippen molar-refractivity contribution in [3.8, 4) is 5.88 Å². The van der Waals surface area contributed by atoms with Crippen molar-refractivity contribution in [2.45, 2.75) is 32.3 Å². The van der Waals surface area contributed by atoms with Crippen molar-refractivity contribution in [2.24, 2.45) is 0 Å². The van der Waals surface area contributed by atoms with Crippen molar-refractivity contribution in [1.29, 1.82) is 0 Å². The minimum Gasteiger partial charge on any atom is -0.472 e. The summed E-state index contributed by atoms with van der Waals surface area (Å²) in [5, 5.41) is 0. The Balaban J connectivity index is 1.41. The number of carbonyl (C=O) groups excluding carboxylic acids is 1. The monoisotopic (exact) mass is 386 g/mol. The van der Waals surface area contributed by atoms with E-state index in [1.165, 1.54) is 5.56 Å². The Kier molecular flexibility index (Phi) is 5.89. The molecule has 4 heteroatoms. The van der Waals surface area contributed by atoms with Crippen LogP contribution in [0.1, 0.15) is 34.3 Å². The molecule has 0 bridgehead atoms. The van der Waals surface area contributed by atoms with Gasteiger partial charge in [-0.3, -0.25) is 4.79 Å². The highest BCUT2D eigenvalue weighted by atomic mass is 16.5. The van der Waals surface area contributed by atoms with Crippen molar-refractivity contribution in [2.75, 3.05) is 18.0 Å². The van der Waals surface area contributed by atoms with Gasteiger partial charge in [0.1, 0.15) is 6.10 Å². The van der Waals surface area contributed by atoms with Crippen molar-refractivity contribution in [3.63, 3.8) is 0 Å². The fraction of sp³-hybridized carbons (Fsp3) is 0.280. The van der Waals surface area contributed by atoms with Crippen molar-refractivity contribution < 1.29 is 9.53 Å². The maximum Gasteiger partial charge on any atom is 0.213 e. The summed E-state index contributed by atoms with van der Waals surface area (Å²) in [5.41, 5.74) is 4.12. The number of ether oxygens (including phenoxy) is 1. The largest absolute Gasteiger partial charge is 0.472 e. The first-order valence-corrected chi connectivity index (χ1v) is 10.2. The number of ketones is 1. The van der Waals surface area contributed by atoms with E-state index < -0.39 is 0 Å². The molecule has 148 valence electrons. The van der Waals surface area contributed by atoms with Gasteiger partial charge in [0, 0.05) is 42.9 Å². The number of rotatable bonds is 7. The summed E-state index contributed by atoms with van der Waals surface area (Å²) in [7, 11) is 0. The van der Waals surface area contributed by atoms with Crippen molar-refractivity contribution >= 4 is 11.5 Å². The number of aryl methyl sites for hydroxylation is 2. The number of para-hydroxylation sites is 1. The summed E-state index contributed by atoms with van der Waals surface area (Å²) < 4.78 is 6.05. The zero-order valence-corrected chi connectivity index (χ0v) is 16.8. The molecule has 0 amide bonds. The molecular formula is C25H26N2O2. The number of hydrogen-bond acceptors (Lipinski definition) is 4. The standard InChI is InChI=1S/C25H26N2O2/c1-19-11-14-25(26-17-19)29-21-15-16-27(18-21)23-10-6-5-9-22(23)24(28)13-12-20-7-3-2-4-8-20/h2-11,14,17,21H,12-13,15-16,18H2,1H3/t21-/m0/s1. The predicted octanol–water partition coefficient (Wildman–Crippen LogP) is 4.86. The highest BCUT2D eigenvalue weighted by Crippen LogP contribution is 2.27. The minimum atomic E-state index is 0.0812. The van der Waals surface area contributed by atoms with Crippen LogP contribution in [0.5, 0.6) is 5.88 Å². The summed E-state index contributed by atoms with van der Waals surface area (Å²) in [4.78, 5) is 19.5. The molecule has 0 aliphatic carbocycles. The first-order chi connectivity index (χ1) is 14.2. The summed E-state index contributed by atoms with van der Waals surface area (Å²) in [6.07, 6.45) is 4.10. The van der Waals surface area contributed by atoms with Gasteiger partial charge in [-0.05, 0) is 36.6 Å². The fourth-order valence-electron chi connectivity index (χ4n) is 3.76. The maximum atomic E-state index is 12.9. The zero-order valence-electron chi connectivity index (χ0n) is 16.8. The highest BCUT2D eigenvalue weighted by Gasteiger charge is 2.27. The fourth-order valence-corrected chi connectivity index (χ4v) is 3.76. The molecule has 4 rings (SSSR count). The predicted molar refractivity (Wildman–Crippen MR) is 116 cm³/mol. The van der Waals surface area contributed by atoms with Crippen LogP contribution in [0.15, 0.2) is 72.9 Å². The lowest BCUT2D eigenvalue weighted by atomic mass is 10.0. The van der Waals surface area contributed by atoms with Crippen LogP contribution in [-0.4, -0.2) is 30.0 Å². The van der Waals surface area contributed by atoms with Crippen LogP contribution in [0.3, 0.4) is 0 Å². The number of carbonyl (C=O) groups is 1. The SMILES string of the molecule is Cc1ccc(O[C@H]2CCN(c3ccccc3C(=O)CCc3ccccc3)C2)nc1. The van der Waals surface area contributed by atoms with Gasteiger partial charge in [-0.15, -0.1) is 0 Å². The van der Waals surface area contributed by atoms with Crippen LogP contribution in [0, 0.1) is 6.92 Å². The second kappa shape index (κ2) is 8.91. The third-order valence-corrected chi connectivity index (χ3v) is 5.35. The third-order valence-electron chi connectivity index (χ3n) is 5.35. The summed E-state index contributed by atoms with van der Waals surface area (Å²) >= 11 is 0. The van der Waals surface area contributed by atoms with Gasteiger partial charge in [0.2, 0.25) is 5.88 Å². The number of anilines is 1. The van der Waals surface area contributed by atoms with Gasteiger partial charge < -0.3 is 9.64 Å². The van der Waals surface area contributed by atoms with Crippen LogP contribution in [-0.2, 0) is 6.42 Å². The van der Waals surface area contributed by atoms with Gasteiger partial charge in [0.25, 0.3) is 0 Å². The molecule has 0 spiro atoms. The van der Waals surface area contributed by atoms with E-state index in [2.05, 4.69) is 22.0 Å². The molecule has 3 aromatic rings. The van der Waals surface area contributed by atoms with E-state index in [4.69, 9.17) is 4.74 Å². The Bertz CT molecular complexity index is 954. The molecule has 0 saturated carbocycles. The third kappa shape index (κ3) is 4.83. The second-order valence-electron chi connectivity index (χ2n) is 7.57. The van der Waals surface area contributed by atoms with Gasteiger partial charge in [0.15, 0.2) is 5.78 Å². The Morgan fingerprint density at radius 2 is 1.86 bits per heavy atom. The average molecular weight is 386 g/mol. The lowest BCUT2D eigenvalue weighted by molar-refractivity contribution is 0.0983. The molecule has 2 heterocycles. The normalized spacial score (nSPS) is 16.0. The molecule has 1 fully saturated rings. The van der Waals surface area contributed by atoms with E-state index in [-0.39, 0.29) is 11.9 Å². The smallest absolute Gasteiger partial charge is 0.213 e. The highest BCUT2D eigenvalue weighted by molar-refractivity contribution is 6.01. The average Bonchev–Trinajstić information content (AvgIpc) is 3.23. The van der Waals surface area contributed by atoms with Crippen LogP contribution in [0.4, 0.5) is 5.69 Å². The Morgan fingerprint density at radius 3 is 2.66 bits per heavy atom. The van der Waals surface area contributed by atoms with E-state index in [0.29, 0.717) is 12.3 Å². The minimum absolute atomic E-state index is 0.0812. The molecule has 1 aromatic heterocycles.